The monoisotopic (exact) mass is 261 g/mol. The largest absolute Gasteiger partial charge is 0.381 e. The second-order valence-electron chi connectivity index (χ2n) is 3.37. The fourth-order valence-corrected chi connectivity index (χ4v) is 2.33. The maximum Gasteiger partial charge on any atom is 0.245 e. The zero-order chi connectivity index (χ0) is 13.1. The van der Waals surface area contributed by atoms with E-state index in [-0.39, 0.29) is 29.6 Å². The molecule has 1 aromatic rings. The number of anilines is 1. The van der Waals surface area contributed by atoms with Crippen LogP contribution in [-0.4, -0.2) is 37.7 Å². The first-order valence-electron chi connectivity index (χ1n) is 4.86. The Hall–Kier alpha value is -1.61. The van der Waals surface area contributed by atoms with E-state index < -0.39 is 10.0 Å². The first-order chi connectivity index (χ1) is 7.86. The number of amides is 1. The average Bonchev–Trinajstić information content (AvgIpc) is 2.58. The van der Waals surface area contributed by atoms with E-state index in [0.717, 1.165) is 0 Å². The van der Waals surface area contributed by atoms with Crippen molar-refractivity contribution in [3.63, 3.8) is 0 Å². The molecule has 0 aliphatic carbocycles. The van der Waals surface area contributed by atoms with Crippen molar-refractivity contribution in [3.05, 3.63) is 6.20 Å². The van der Waals surface area contributed by atoms with Gasteiger partial charge in [-0.05, 0) is 0 Å². The molecule has 4 N–H and O–H groups in total. The maximum absolute atomic E-state index is 11.8. The summed E-state index contributed by atoms with van der Waals surface area (Å²) in [6.07, 6.45) is 1.37. The third kappa shape index (κ3) is 3.43. The van der Waals surface area contributed by atoms with Gasteiger partial charge >= 0.3 is 0 Å². The second-order valence-corrected chi connectivity index (χ2v) is 5.11. The quantitative estimate of drug-likeness (QED) is 0.591. The highest BCUT2D eigenvalue weighted by molar-refractivity contribution is 7.89. The van der Waals surface area contributed by atoms with Crippen molar-refractivity contribution in [3.8, 4) is 0 Å². The third-order valence-corrected chi connectivity index (χ3v) is 3.51. The number of carbonyl (C=O) groups is 1. The Morgan fingerprint density at radius 3 is 2.71 bits per heavy atom. The molecule has 1 aromatic heterocycles. The normalized spacial score (nSPS) is 11.4. The van der Waals surface area contributed by atoms with Crippen molar-refractivity contribution in [1.82, 2.24) is 19.8 Å². The van der Waals surface area contributed by atoms with Gasteiger partial charge in [-0.25, -0.2) is 13.1 Å². The summed E-state index contributed by atoms with van der Waals surface area (Å²) in [7, 11) is -0.661. The first kappa shape index (κ1) is 13.5. The highest BCUT2D eigenvalue weighted by atomic mass is 32.2. The number of hydrogen-bond donors (Lipinski definition) is 3. The zero-order valence-corrected chi connectivity index (χ0v) is 10.4. The number of aromatic nitrogens is 2. The zero-order valence-electron chi connectivity index (χ0n) is 9.60. The number of sulfonamides is 1. The number of nitrogen functional groups attached to an aromatic ring is 1. The summed E-state index contributed by atoms with van der Waals surface area (Å²) in [4.78, 5) is 10.8. The van der Waals surface area contributed by atoms with E-state index in [1.165, 1.54) is 17.9 Å². The fourth-order valence-electron chi connectivity index (χ4n) is 1.19. The molecule has 0 bridgehead atoms. The van der Waals surface area contributed by atoms with Gasteiger partial charge in [-0.1, -0.05) is 0 Å². The maximum atomic E-state index is 11.8. The standard InChI is InChI=1S/C8H15N5O3S/c1-10-7(14)3-4-11-17(15,16)6-5-13(2)12-8(6)9/h5,11H,3-4H2,1-2H3,(H2,9,12)(H,10,14). The molecule has 0 radical (unpaired) electrons. The van der Waals surface area contributed by atoms with Crippen LogP contribution in [0.2, 0.25) is 0 Å². The summed E-state index contributed by atoms with van der Waals surface area (Å²) < 4.78 is 27.1. The highest BCUT2D eigenvalue weighted by Gasteiger charge is 2.20. The van der Waals surface area contributed by atoms with E-state index in [0.29, 0.717) is 0 Å². The number of nitrogens with zero attached hydrogens (tertiary/aromatic N) is 2. The van der Waals surface area contributed by atoms with Gasteiger partial charge in [-0.15, -0.1) is 0 Å². The molecule has 0 spiro atoms. The lowest BCUT2D eigenvalue weighted by Crippen LogP contribution is -2.29. The van der Waals surface area contributed by atoms with Gasteiger partial charge in [0.05, 0.1) is 0 Å². The molecule has 96 valence electrons. The van der Waals surface area contributed by atoms with Crippen molar-refractivity contribution in [2.45, 2.75) is 11.3 Å². The topological polar surface area (TPSA) is 119 Å². The Balaban J connectivity index is 2.70. The molecule has 0 fully saturated rings. The van der Waals surface area contributed by atoms with E-state index in [4.69, 9.17) is 5.73 Å². The summed E-state index contributed by atoms with van der Waals surface area (Å²) in [6.45, 7) is 0.0103. The Morgan fingerprint density at radius 1 is 1.59 bits per heavy atom. The molecule has 0 unspecified atom stereocenters. The molecule has 0 saturated carbocycles. The van der Waals surface area contributed by atoms with Crippen LogP contribution < -0.4 is 15.8 Å². The lowest BCUT2D eigenvalue weighted by atomic mass is 10.4. The van der Waals surface area contributed by atoms with Gasteiger partial charge < -0.3 is 11.1 Å². The number of nitrogens with one attached hydrogen (secondary N) is 2. The van der Waals surface area contributed by atoms with Gasteiger partial charge in [0.2, 0.25) is 15.9 Å². The van der Waals surface area contributed by atoms with Crippen LogP contribution in [0.3, 0.4) is 0 Å². The number of hydrogen-bond acceptors (Lipinski definition) is 5. The molecule has 0 aliphatic heterocycles. The fraction of sp³-hybridized carbons (Fsp3) is 0.500. The minimum Gasteiger partial charge on any atom is -0.381 e. The van der Waals surface area contributed by atoms with E-state index in [9.17, 15) is 13.2 Å². The lowest BCUT2D eigenvalue weighted by Gasteiger charge is -2.04. The van der Waals surface area contributed by atoms with Gasteiger partial charge in [-0.3, -0.25) is 9.48 Å². The SMILES string of the molecule is CNC(=O)CCNS(=O)(=O)c1cn(C)nc1N. The van der Waals surface area contributed by atoms with Crippen molar-refractivity contribution in [2.24, 2.45) is 7.05 Å². The van der Waals surface area contributed by atoms with Crippen LogP contribution in [0.25, 0.3) is 0 Å². The van der Waals surface area contributed by atoms with Crippen molar-refractivity contribution in [2.75, 3.05) is 19.3 Å². The molecular formula is C8H15N5O3S. The van der Waals surface area contributed by atoms with Crippen LogP contribution in [-0.2, 0) is 21.9 Å². The van der Waals surface area contributed by atoms with Crippen LogP contribution in [0.5, 0.6) is 0 Å². The molecule has 8 nitrogen and oxygen atoms in total. The van der Waals surface area contributed by atoms with Crippen molar-refractivity contribution in [1.29, 1.82) is 0 Å². The minimum atomic E-state index is -3.71. The van der Waals surface area contributed by atoms with Crippen LogP contribution >= 0.6 is 0 Å². The van der Waals surface area contributed by atoms with Crippen LogP contribution in [0.1, 0.15) is 6.42 Å². The second kappa shape index (κ2) is 5.15. The molecule has 0 aliphatic rings. The third-order valence-electron chi connectivity index (χ3n) is 2.03. The lowest BCUT2D eigenvalue weighted by molar-refractivity contribution is -0.120. The average molecular weight is 261 g/mol. The molecule has 0 saturated heterocycles. The summed E-state index contributed by atoms with van der Waals surface area (Å²) in [5.74, 6) is -0.313. The smallest absolute Gasteiger partial charge is 0.245 e. The summed E-state index contributed by atoms with van der Waals surface area (Å²) in [6, 6.07) is 0. The number of nitrogens with two attached hydrogens (primary N) is 1. The number of rotatable bonds is 5. The van der Waals surface area contributed by atoms with Gasteiger partial charge in [0.15, 0.2) is 5.82 Å². The van der Waals surface area contributed by atoms with Crippen molar-refractivity contribution >= 4 is 21.7 Å². The Kier molecular flexibility index (Phi) is 4.07. The summed E-state index contributed by atoms with van der Waals surface area (Å²) in [5.41, 5.74) is 5.45. The molecular weight excluding hydrogens is 246 g/mol. The molecule has 1 amide bonds. The van der Waals surface area contributed by atoms with E-state index in [1.807, 2.05) is 0 Å². The molecule has 0 atom stereocenters. The predicted molar refractivity (Wildman–Crippen MR) is 61.5 cm³/mol. The first-order valence-corrected chi connectivity index (χ1v) is 6.34. The Morgan fingerprint density at radius 2 is 2.24 bits per heavy atom. The Labute approximate surface area is 99.2 Å². The minimum absolute atomic E-state index is 0.0103. The molecule has 9 heteroatoms. The summed E-state index contributed by atoms with van der Waals surface area (Å²) >= 11 is 0. The van der Waals surface area contributed by atoms with Crippen LogP contribution in [0.4, 0.5) is 5.82 Å². The predicted octanol–water partition coefficient (Wildman–Crippen LogP) is -1.58. The van der Waals surface area contributed by atoms with Crippen molar-refractivity contribution < 1.29 is 13.2 Å². The van der Waals surface area contributed by atoms with Crippen LogP contribution in [0, 0.1) is 0 Å². The number of carbonyl (C=O) groups excluding carboxylic acids is 1. The van der Waals surface area contributed by atoms with Gasteiger partial charge in [0.1, 0.15) is 4.90 Å². The highest BCUT2D eigenvalue weighted by Crippen LogP contribution is 2.14. The van der Waals surface area contributed by atoms with E-state index in [1.54, 1.807) is 7.05 Å². The van der Waals surface area contributed by atoms with Gasteiger partial charge in [0, 0.05) is 33.3 Å². The molecule has 0 aromatic carbocycles. The number of aryl methyl sites for hydroxylation is 1. The van der Waals surface area contributed by atoms with Crippen LogP contribution in [0.15, 0.2) is 11.1 Å². The molecule has 1 rings (SSSR count). The van der Waals surface area contributed by atoms with Gasteiger partial charge in [-0.2, -0.15) is 5.10 Å². The summed E-state index contributed by atoms with van der Waals surface area (Å²) in [5, 5.41) is 6.12. The molecule has 17 heavy (non-hydrogen) atoms. The molecule has 1 heterocycles. The van der Waals surface area contributed by atoms with Gasteiger partial charge in [0.25, 0.3) is 0 Å². The Bertz CT molecular complexity index is 507. The van der Waals surface area contributed by atoms with E-state index in [2.05, 4.69) is 15.1 Å². The van der Waals surface area contributed by atoms with E-state index >= 15 is 0 Å².